The third-order valence-corrected chi connectivity index (χ3v) is 5.05. The molecule has 0 spiro atoms. The first-order chi connectivity index (χ1) is 12.9. The fourth-order valence-electron chi connectivity index (χ4n) is 2.75. The van der Waals surface area contributed by atoms with Crippen molar-refractivity contribution >= 4 is 23.2 Å². The molecule has 3 aromatic rings. The van der Waals surface area contributed by atoms with Gasteiger partial charge in [-0.05, 0) is 18.6 Å². The number of thioether (sulfide) groups is 1. The van der Waals surface area contributed by atoms with Crippen molar-refractivity contribution in [3.8, 4) is 17.0 Å². The van der Waals surface area contributed by atoms with Crippen LogP contribution in [0.4, 0.5) is 5.82 Å². The first-order valence-electron chi connectivity index (χ1n) is 8.96. The monoisotopic (exact) mass is 386 g/mol. The van der Waals surface area contributed by atoms with Crippen molar-refractivity contribution in [2.24, 2.45) is 0 Å². The first-order valence-corrected chi connectivity index (χ1v) is 9.78. The first kappa shape index (κ1) is 19.5. The molecular formula is C20H26N4O2S. The van der Waals surface area contributed by atoms with Crippen LogP contribution >= 0.6 is 11.8 Å². The van der Waals surface area contributed by atoms with Gasteiger partial charge in [0.05, 0.1) is 23.9 Å². The summed E-state index contributed by atoms with van der Waals surface area (Å²) < 4.78 is 7.73. The Balaban J connectivity index is 2.00. The van der Waals surface area contributed by atoms with Gasteiger partial charge in [0.1, 0.15) is 17.2 Å². The molecule has 0 unspecified atom stereocenters. The number of hydrogen-bond acceptors (Lipinski definition) is 6. The molecule has 0 aromatic carbocycles. The van der Waals surface area contributed by atoms with Crippen LogP contribution in [0.2, 0.25) is 0 Å². The highest BCUT2D eigenvalue weighted by atomic mass is 32.2. The molecule has 144 valence electrons. The lowest BCUT2D eigenvalue weighted by atomic mass is 10.2. The topological polar surface area (TPSA) is 71.7 Å². The average Bonchev–Trinajstić information content (AvgIpc) is 3.03. The van der Waals surface area contributed by atoms with E-state index in [4.69, 9.17) is 9.84 Å². The van der Waals surface area contributed by atoms with Gasteiger partial charge in [0.15, 0.2) is 0 Å². The van der Waals surface area contributed by atoms with Crippen molar-refractivity contribution in [1.29, 1.82) is 0 Å². The van der Waals surface area contributed by atoms with E-state index in [9.17, 15) is 0 Å². The maximum atomic E-state index is 8.93. The minimum Gasteiger partial charge on any atom is -0.495 e. The Kier molecular flexibility index (Phi) is 5.92. The number of pyridine rings is 2. The van der Waals surface area contributed by atoms with E-state index in [2.05, 4.69) is 46.7 Å². The molecular weight excluding hydrogens is 360 g/mol. The molecule has 0 saturated heterocycles. The van der Waals surface area contributed by atoms with Crippen LogP contribution in [0.25, 0.3) is 16.9 Å². The van der Waals surface area contributed by atoms with Crippen molar-refractivity contribution in [2.45, 2.75) is 36.8 Å². The number of nitrogens with zero attached hydrogens (tertiary/aromatic N) is 3. The maximum absolute atomic E-state index is 8.93. The summed E-state index contributed by atoms with van der Waals surface area (Å²) in [4.78, 5) is 9.97. The summed E-state index contributed by atoms with van der Waals surface area (Å²) >= 11 is 1.77. The summed E-state index contributed by atoms with van der Waals surface area (Å²) in [6.45, 7) is 7.40. The van der Waals surface area contributed by atoms with Gasteiger partial charge in [0.2, 0.25) is 0 Å². The highest BCUT2D eigenvalue weighted by Gasteiger charge is 2.18. The molecule has 7 heteroatoms. The van der Waals surface area contributed by atoms with Gasteiger partial charge in [-0.1, -0.05) is 20.8 Å². The lowest BCUT2D eigenvalue weighted by Gasteiger charge is -2.19. The van der Waals surface area contributed by atoms with E-state index in [-0.39, 0.29) is 11.4 Å². The van der Waals surface area contributed by atoms with Crippen molar-refractivity contribution in [2.75, 3.05) is 25.6 Å². The molecule has 0 amide bonds. The molecule has 2 N–H and O–H groups in total. The molecule has 3 heterocycles. The van der Waals surface area contributed by atoms with Gasteiger partial charge >= 0.3 is 0 Å². The summed E-state index contributed by atoms with van der Waals surface area (Å²) in [5, 5.41) is 12.2. The van der Waals surface area contributed by atoms with Crippen LogP contribution in [-0.4, -0.2) is 44.5 Å². The largest absolute Gasteiger partial charge is 0.495 e. The van der Waals surface area contributed by atoms with Crippen LogP contribution in [0.5, 0.6) is 5.75 Å². The van der Waals surface area contributed by atoms with Crippen molar-refractivity contribution < 1.29 is 9.84 Å². The summed E-state index contributed by atoms with van der Waals surface area (Å²) in [7, 11) is 1.69. The van der Waals surface area contributed by atoms with Gasteiger partial charge < -0.3 is 15.2 Å². The fraction of sp³-hybridized carbons (Fsp3) is 0.400. The highest BCUT2D eigenvalue weighted by molar-refractivity contribution is 8.00. The number of imidazole rings is 1. The molecule has 6 nitrogen and oxygen atoms in total. The summed E-state index contributed by atoms with van der Waals surface area (Å²) in [6.07, 6.45) is 6.43. The SMILES string of the molecule is COc1cc2ncc(-c3ccnc(NCCCO)c3)n2cc1SC(C)(C)C. The molecule has 0 aliphatic heterocycles. The zero-order valence-electron chi connectivity index (χ0n) is 16.2. The number of ether oxygens (including phenoxy) is 1. The smallest absolute Gasteiger partial charge is 0.140 e. The van der Waals surface area contributed by atoms with E-state index in [0.717, 1.165) is 33.4 Å². The van der Waals surface area contributed by atoms with Crippen LogP contribution in [0, 0.1) is 0 Å². The molecule has 0 radical (unpaired) electrons. The van der Waals surface area contributed by atoms with E-state index in [1.807, 2.05) is 24.4 Å². The number of aromatic nitrogens is 3. The molecule has 0 aliphatic carbocycles. The zero-order chi connectivity index (χ0) is 19.4. The van der Waals surface area contributed by atoms with E-state index in [1.54, 1.807) is 25.1 Å². The van der Waals surface area contributed by atoms with Gasteiger partial charge in [-0.25, -0.2) is 9.97 Å². The number of aliphatic hydroxyl groups is 1. The van der Waals surface area contributed by atoms with Gasteiger partial charge in [-0.2, -0.15) is 0 Å². The van der Waals surface area contributed by atoms with Gasteiger partial charge in [0, 0.05) is 41.9 Å². The lowest BCUT2D eigenvalue weighted by Crippen LogP contribution is -2.08. The Labute approximate surface area is 164 Å². The second-order valence-electron chi connectivity index (χ2n) is 7.23. The van der Waals surface area contributed by atoms with Crippen LogP contribution < -0.4 is 10.1 Å². The van der Waals surface area contributed by atoms with Crippen LogP contribution in [0.3, 0.4) is 0 Å². The van der Waals surface area contributed by atoms with Crippen LogP contribution in [0.15, 0.2) is 41.7 Å². The Morgan fingerprint density at radius 3 is 2.78 bits per heavy atom. The molecule has 0 saturated carbocycles. The number of fused-ring (bicyclic) bond motifs is 1. The second kappa shape index (κ2) is 8.19. The Hall–Kier alpha value is -2.25. The van der Waals surface area contributed by atoms with Gasteiger partial charge in [-0.15, -0.1) is 11.8 Å². The summed E-state index contributed by atoms with van der Waals surface area (Å²) in [5.74, 6) is 1.62. The van der Waals surface area contributed by atoms with E-state index >= 15 is 0 Å². The number of nitrogens with one attached hydrogen (secondary N) is 1. The van der Waals surface area contributed by atoms with E-state index < -0.39 is 0 Å². The van der Waals surface area contributed by atoms with E-state index in [0.29, 0.717) is 13.0 Å². The Morgan fingerprint density at radius 1 is 1.26 bits per heavy atom. The van der Waals surface area contributed by atoms with Crippen molar-refractivity contribution in [1.82, 2.24) is 14.4 Å². The molecule has 0 aliphatic rings. The predicted octanol–water partition coefficient (Wildman–Crippen LogP) is 4.09. The maximum Gasteiger partial charge on any atom is 0.140 e. The van der Waals surface area contributed by atoms with Crippen LogP contribution in [-0.2, 0) is 0 Å². The number of aliphatic hydroxyl groups excluding tert-OH is 1. The summed E-state index contributed by atoms with van der Waals surface area (Å²) in [5.41, 5.74) is 2.86. The third kappa shape index (κ3) is 4.73. The normalized spacial score (nSPS) is 11.7. The lowest BCUT2D eigenvalue weighted by molar-refractivity contribution is 0.292. The number of rotatable bonds is 7. The molecule has 0 atom stereocenters. The predicted molar refractivity (Wildman–Crippen MR) is 111 cm³/mol. The molecule has 0 fully saturated rings. The summed E-state index contributed by atoms with van der Waals surface area (Å²) in [6, 6.07) is 5.95. The minimum atomic E-state index is 0.0716. The average molecular weight is 387 g/mol. The van der Waals surface area contributed by atoms with E-state index in [1.165, 1.54) is 0 Å². The number of methoxy groups -OCH3 is 1. The Bertz CT molecular complexity index is 918. The van der Waals surface area contributed by atoms with Crippen LogP contribution in [0.1, 0.15) is 27.2 Å². The minimum absolute atomic E-state index is 0.0716. The highest BCUT2D eigenvalue weighted by Crippen LogP contribution is 2.39. The zero-order valence-corrected chi connectivity index (χ0v) is 17.0. The van der Waals surface area contributed by atoms with Crippen molar-refractivity contribution in [3.05, 3.63) is 36.8 Å². The van der Waals surface area contributed by atoms with Crippen molar-refractivity contribution in [3.63, 3.8) is 0 Å². The molecule has 3 aromatic heterocycles. The molecule has 27 heavy (non-hydrogen) atoms. The second-order valence-corrected chi connectivity index (χ2v) is 9.09. The standard InChI is InChI=1S/C20H26N4O2S/c1-20(2,3)27-17-13-24-15(12-23-19(24)11-16(17)26-4)14-6-8-22-18(10-14)21-7-5-9-25/h6,8,10-13,25H,5,7,9H2,1-4H3,(H,21,22). The Morgan fingerprint density at radius 2 is 2.07 bits per heavy atom. The van der Waals surface area contributed by atoms with Gasteiger partial charge in [-0.3, -0.25) is 4.40 Å². The molecule has 3 rings (SSSR count). The molecule has 0 bridgehead atoms. The van der Waals surface area contributed by atoms with Gasteiger partial charge in [0.25, 0.3) is 0 Å². The fourth-order valence-corrected chi connectivity index (χ4v) is 3.81. The quantitative estimate of drug-likeness (QED) is 0.471. The third-order valence-electron chi connectivity index (χ3n) is 3.91. The number of anilines is 1. The number of hydrogen-bond donors (Lipinski definition) is 2.